The number of hydrogen-bond donors (Lipinski definition) is 1. The number of nitrogens with zero attached hydrogens (tertiary/aromatic N) is 1. The fourth-order valence-electron chi connectivity index (χ4n) is 2.46. The van der Waals surface area contributed by atoms with E-state index in [9.17, 15) is 4.79 Å². The Kier molecular flexibility index (Phi) is 5.80. The van der Waals surface area contributed by atoms with Gasteiger partial charge in [0.1, 0.15) is 0 Å². The first-order valence-electron chi connectivity index (χ1n) is 6.70. The van der Waals surface area contributed by atoms with Crippen molar-refractivity contribution in [2.24, 2.45) is 0 Å². The second-order valence-electron chi connectivity index (χ2n) is 4.80. The van der Waals surface area contributed by atoms with E-state index in [1.54, 1.807) is 0 Å². The molecule has 1 aliphatic heterocycles. The minimum absolute atomic E-state index is 0.230. The number of rotatable bonds is 7. The van der Waals surface area contributed by atoms with Gasteiger partial charge < -0.3 is 4.90 Å². The van der Waals surface area contributed by atoms with Gasteiger partial charge in [-0.15, -0.1) is 0 Å². The second-order valence-corrected chi connectivity index (χ2v) is 6.08. The van der Waals surface area contributed by atoms with Gasteiger partial charge in [-0.05, 0) is 25.5 Å². The molecule has 0 aromatic carbocycles. The van der Waals surface area contributed by atoms with Gasteiger partial charge in [0.05, 0.1) is 12.7 Å². The predicted molar refractivity (Wildman–Crippen MR) is 75.2 cm³/mol. The Morgan fingerprint density at radius 2 is 2.06 bits per heavy atom. The maximum absolute atomic E-state index is 11.9. The predicted octanol–water partition coefficient (Wildman–Crippen LogP) is 2.47. The summed E-state index contributed by atoms with van der Waals surface area (Å²) < 4.78 is 0.230. The lowest BCUT2D eigenvalue weighted by Gasteiger charge is -2.36. The molecule has 1 rings (SSSR count). The van der Waals surface area contributed by atoms with Gasteiger partial charge in [-0.1, -0.05) is 27.2 Å². The standard InChI is InChI=1S/C13H26N2OS/c1-5-8-11-14-9-12(16)15(11)10-13(6-2,7-3)17-4/h11,14H,5-10H2,1-4H3. The lowest BCUT2D eigenvalue weighted by atomic mass is 10.0. The monoisotopic (exact) mass is 258 g/mol. The number of hydrogen-bond acceptors (Lipinski definition) is 3. The summed E-state index contributed by atoms with van der Waals surface area (Å²) in [5, 5.41) is 3.32. The zero-order valence-corrected chi connectivity index (χ0v) is 12.4. The van der Waals surface area contributed by atoms with Crippen molar-refractivity contribution >= 4 is 17.7 Å². The topological polar surface area (TPSA) is 32.3 Å². The molecule has 1 fully saturated rings. The highest BCUT2D eigenvalue weighted by Gasteiger charge is 2.36. The third kappa shape index (κ3) is 3.38. The quantitative estimate of drug-likeness (QED) is 0.761. The van der Waals surface area contributed by atoms with Gasteiger partial charge >= 0.3 is 0 Å². The Labute approximate surface area is 110 Å². The van der Waals surface area contributed by atoms with Crippen LogP contribution in [0.25, 0.3) is 0 Å². The summed E-state index contributed by atoms with van der Waals surface area (Å²) in [5.74, 6) is 0.267. The van der Waals surface area contributed by atoms with Gasteiger partial charge in [-0.25, -0.2) is 0 Å². The minimum Gasteiger partial charge on any atom is -0.325 e. The van der Waals surface area contributed by atoms with Crippen molar-refractivity contribution in [1.82, 2.24) is 10.2 Å². The Morgan fingerprint density at radius 1 is 1.41 bits per heavy atom. The van der Waals surface area contributed by atoms with Crippen LogP contribution in [-0.4, -0.2) is 41.1 Å². The third-order valence-electron chi connectivity index (χ3n) is 3.93. The molecule has 1 N–H and O–H groups in total. The molecular formula is C13H26N2OS. The highest BCUT2D eigenvalue weighted by atomic mass is 32.2. The second kappa shape index (κ2) is 6.64. The molecule has 1 amide bonds. The molecule has 1 heterocycles. The van der Waals surface area contributed by atoms with E-state index in [-0.39, 0.29) is 16.8 Å². The molecule has 0 aromatic heterocycles. The highest BCUT2D eigenvalue weighted by Crippen LogP contribution is 2.32. The van der Waals surface area contributed by atoms with Gasteiger partial charge in [0.15, 0.2) is 0 Å². The Bertz CT molecular complexity index is 246. The van der Waals surface area contributed by atoms with E-state index in [2.05, 4.69) is 37.2 Å². The fraction of sp³-hybridized carbons (Fsp3) is 0.923. The molecule has 0 bridgehead atoms. The lowest BCUT2D eigenvalue weighted by Crippen LogP contribution is -2.46. The van der Waals surface area contributed by atoms with Crippen LogP contribution in [0.15, 0.2) is 0 Å². The smallest absolute Gasteiger partial charge is 0.237 e. The van der Waals surface area contributed by atoms with Crippen LogP contribution in [0.5, 0.6) is 0 Å². The summed E-state index contributed by atoms with van der Waals surface area (Å²) >= 11 is 1.90. The molecule has 1 unspecified atom stereocenters. The molecule has 1 saturated heterocycles. The van der Waals surface area contributed by atoms with Gasteiger partial charge in [0, 0.05) is 11.3 Å². The van der Waals surface area contributed by atoms with E-state index in [4.69, 9.17) is 0 Å². The molecule has 0 saturated carbocycles. The van der Waals surface area contributed by atoms with E-state index in [0.717, 1.165) is 32.2 Å². The first-order chi connectivity index (χ1) is 8.12. The maximum Gasteiger partial charge on any atom is 0.237 e. The van der Waals surface area contributed by atoms with Crippen LogP contribution in [0.2, 0.25) is 0 Å². The first-order valence-corrected chi connectivity index (χ1v) is 7.93. The molecule has 1 aliphatic rings. The molecule has 17 heavy (non-hydrogen) atoms. The molecule has 1 atom stereocenters. The summed E-state index contributed by atoms with van der Waals surface area (Å²) in [7, 11) is 0. The molecular weight excluding hydrogens is 232 g/mol. The van der Waals surface area contributed by atoms with Crippen LogP contribution in [0.3, 0.4) is 0 Å². The van der Waals surface area contributed by atoms with Crippen molar-refractivity contribution in [3.8, 4) is 0 Å². The van der Waals surface area contributed by atoms with Crippen molar-refractivity contribution in [1.29, 1.82) is 0 Å². The summed E-state index contributed by atoms with van der Waals surface area (Å²) in [5.41, 5.74) is 0. The Morgan fingerprint density at radius 3 is 2.53 bits per heavy atom. The lowest BCUT2D eigenvalue weighted by molar-refractivity contribution is -0.128. The Balaban J connectivity index is 2.72. The molecule has 100 valence electrons. The van der Waals surface area contributed by atoms with Crippen molar-refractivity contribution in [3.63, 3.8) is 0 Å². The Hall–Kier alpha value is -0.220. The van der Waals surface area contributed by atoms with E-state index in [1.165, 1.54) is 0 Å². The molecule has 3 nitrogen and oxygen atoms in total. The highest BCUT2D eigenvalue weighted by molar-refractivity contribution is 8.00. The molecule has 0 aliphatic carbocycles. The van der Waals surface area contributed by atoms with Crippen LogP contribution in [0.1, 0.15) is 46.5 Å². The van der Waals surface area contributed by atoms with Crippen LogP contribution in [-0.2, 0) is 4.79 Å². The molecule has 0 spiro atoms. The number of nitrogens with one attached hydrogen (secondary N) is 1. The SMILES string of the molecule is CCCC1NCC(=O)N1CC(CC)(CC)SC. The number of carbonyl (C=O) groups is 1. The summed E-state index contributed by atoms with van der Waals surface area (Å²) in [6, 6.07) is 0. The van der Waals surface area contributed by atoms with Crippen molar-refractivity contribution in [3.05, 3.63) is 0 Å². The van der Waals surface area contributed by atoms with Crippen LogP contribution < -0.4 is 5.32 Å². The average Bonchev–Trinajstić information content (AvgIpc) is 2.69. The van der Waals surface area contributed by atoms with Crippen molar-refractivity contribution < 1.29 is 4.79 Å². The van der Waals surface area contributed by atoms with Crippen LogP contribution in [0.4, 0.5) is 0 Å². The fourth-order valence-corrected chi connectivity index (χ4v) is 3.30. The van der Waals surface area contributed by atoms with Gasteiger partial charge in [-0.3, -0.25) is 10.1 Å². The zero-order chi connectivity index (χ0) is 12.9. The molecule has 4 heteroatoms. The average molecular weight is 258 g/mol. The van der Waals surface area contributed by atoms with E-state index in [1.807, 2.05) is 11.8 Å². The van der Waals surface area contributed by atoms with Crippen molar-refractivity contribution in [2.45, 2.75) is 57.4 Å². The van der Waals surface area contributed by atoms with Crippen molar-refractivity contribution in [2.75, 3.05) is 19.3 Å². The number of amides is 1. The minimum atomic E-state index is 0.230. The summed E-state index contributed by atoms with van der Waals surface area (Å²) in [6.07, 6.45) is 6.84. The molecule has 0 radical (unpaired) electrons. The van der Waals surface area contributed by atoms with E-state index < -0.39 is 0 Å². The number of carbonyl (C=O) groups excluding carboxylic acids is 1. The van der Waals surface area contributed by atoms with E-state index >= 15 is 0 Å². The largest absolute Gasteiger partial charge is 0.325 e. The van der Waals surface area contributed by atoms with Gasteiger partial charge in [-0.2, -0.15) is 11.8 Å². The summed E-state index contributed by atoms with van der Waals surface area (Å²) in [4.78, 5) is 14.0. The normalized spacial score (nSPS) is 21.3. The molecule has 0 aromatic rings. The van der Waals surface area contributed by atoms with Crippen LogP contribution >= 0.6 is 11.8 Å². The zero-order valence-electron chi connectivity index (χ0n) is 11.6. The number of thioether (sulfide) groups is 1. The maximum atomic E-state index is 11.9. The summed E-state index contributed by atoms with van der Waals surface area (Å²) in [6.45, 7) is 8.02. The third-order valence-corrected chi connectivity index (χ3v) is 5.50. The van der Waals surface area contributed by atoms with Crippen LogP contribution in [0, 0.1) is 0 Å². The van der Waals surface area contributed by atoms with Gasteiger partial charge in [0.25, 0.3) is 0 Å². The van der Waals surface area contributed by atoms with Gasteiger partial charge in [0.2, 0.25) is 5.91 Å². The van der Waals surface area contributed by atoms with E-state index in [0.29, 0.717) is 6.54 Å². The first kappa shape index (κ1) is 14.8.